The highest BCUT2D eigenvalue weighted by Gasteiger charge is 2.52. The second-order valence-corrected chi connectivity index (χ2v) is 6.41. The van der Waals surface area contributed by atoms with E-state index in [0.717, 1.165) is 25.3 Å². The molecule has 116 valence electrons. The van der Waals surface area contributed by atoms with E-state index >= 15 is 0 Å². The van der Waals surface area contributed by atoms with E-state index in [9.17, 15) is 0 Å². The lowest BCUT2D eigenvalue weighted by atomic mass is 9.73. The van der Waals surface area contributed by atoms with Gasteiger partial charge in [-0.25, -0.2) is 0 Å². The van der Waals surface area contributed by atoms with Crippen LogP contribution < -0.4 is 4.74 Å². The highest BCUT2D eigenvalue weighted by molar-refractivity contribution is 5.85. The first-order valence-electron chi connectivity index (χ1n) is 7.73. The van der Waals surface area contributed by atoms with Gasteiger partial charge in [0.05, 0.1) is 0 Å². The third-order valence-corrected chi connectivity index (χ3v) is 5.11. The number of nitrogens with zero attached hydrogens (tertiary/aromatic N) is 1. The minimum absolute atomic E-state index is 0. The number of aryl methyl sites for hydroxylation is 1. The van der Waals surface area contributed by atoms with E-state index in [-0.39, 0.29) is 18.0 Å². The molecule has 0 saturated carbocycles. The van der Waals surface area contributed by atoms with Gasteiger partial charge in [-0.05, 0) is 31.2 Å². The summed E-state index contributed by atoms with van der Waals surface area (Å²) in [6.07, 6.45) is 1.05. The van der Waals surface area contributed by atoms with Crippen molar-refractivity contribution in [2.45, 2.75) is 24.9 Å². The van der Waals surface area contributed by atoms with E-state index in [1.807, 2.05) is 0 Å². The van der Waals surface area contributed by atoms with Crippen molar-refractivity contribution in [2.24, 2.45) is 0 Å². The fraction of sp³-hybridized carbons (Fsp3) is 0.368. The molecule has 0 spiro atoms. The first-order valence-corrected chi connectivity index (χ1v) is 7.73. The van der Waals surface area contributed by atoms with Gasteiger partial charge in [0.25, 0.3) is 0 Å². The zero-order valence-electron chi connectivity index (χ0n) is 13.1. The van der Waals surface area contributed by atoms with Crippen LogP contribution in [-0.2, 0) is 5.60 Å². The maximum absolute atomic E-state index is 6.59. The van der Waals surface area contributed by atoms with Crippen molar-refractivity contribution in [3.8, 4) is 5.75 Å². The molecule has 2 nitrogen and oxygen atoms in total. The quantitative estimate of drug-likeness (QED) is 0.785. The van der Waals surface area contributed by atoms with Gasteiger partial charge in [-0.2, -0.15) is 0 Å². The fourth-order valence-corrected chi connectivity index (χ4v) is 4.04. The normalized spacial score (nSPS) is 26.5. The molecule has 0 unspecified atom stereocenters. The number of para-hydroxylation sites is 1. The Morgan fingerprint density at radius 1 is 1.09 bits per heavy atom. The Hall–Kier alpha value is -1.51. The summed E-state index contributed by atoms with van der Waals surface area (Å²) >= 11 is 0. The molecule has 3 heteroatoms. The molecule has 0 amide bonds. The molecule has 2 aliphatic heterocycles. The van der Waals surface area contributed by atoms with Crippen LogP contribution in [0, 0.1) is 6.92 Å². The largest absolute Gasteiger partial charge is 0.482 e. The van der Waals surface area contributed by atoms with Gasteiger partial charge in [-0.3, -0.25) is 0 Å². The van der Waals surface area contributed by atoms with E-state index < -0.39 is 0 Å². The van der Waals surface area contributed by atoms with Crippen molar-refractivity contribution >= 4 is 12.4 Å². The van der Waals surface area contributed by atoms with Crippen LogP contribution in [0.2, 0.25) is 0 Å². The van der Waals surface area contributed by atoms with Gasteiger partial charge < -0.3 is 9.64 Å². The zero-order valence-corrected chi connectivity index (χ0v) is 13.9. The minimum atomic E-state index is -0.179. The first kappa shape index (κ1) is 15.4. The summed E-state index contributed by atoms with van der Waals surface area (Å²) in [5.74, 6) is 1.50. The van der Waals surface area contributed by atoms with Gasteiger partial charge in [-0.15, -0.1) is 12.4 Å². The van der Waals surface area contributed by atoms with Crippen LogP contribution >= 0.6 is 12.4 Å². The van der Waals surface area contributed by atoms with E-state index in [1.54, 1.807) is 0 Å². The van der Waals surface area contributed by atoms with Gasteiger partial charge in [0, 0.05) is 31.0 Å². The molecule has 2 aromatic rings. The number of likely N-dealkylation sites (tertiary alicyclic amines) is 1. The molecule has 0 N–H and O–H groups in total. The van der Waals surface area contributed by atoms with Gasteiger partial charge in [0.1, 0.15) is 11.4 Å². The van der Waals surface area contributed by atoms with Crippen molar-refractivity contribution in [3.05, 3.63) is 65.2 Å². The molecular weight excluding hydrogens is 294 g/mol. The van der Waals surface area contributed by atoms with Crippen molar-refractivity contribution in [1.82, 2.24) is 4.90 Å². The average molecular weight is 316 g/mol. The van der Waals surface area contributed by atoms with Crippen molar-refractivity contribution in [1.29, 1.82) is 0 Å². The Balaban J connectivity index is 0.00000144. The monoisotopic (exact) mass is 315 g/mol. The third-order valence-electron chi connectivity index (χ3n) is 5.11. The number of piperidine rings is 1. The summed E-state index contributed by atoms with van der Waals surface area (Å²) in [4.78, 5) is 2.42. The van der Waals surface area contributed by atoms with Gasteiger partial charge in [0.2, 0.25) is 0 Å². The molecule has 2 atom stereocenters. The number of likely N-dealkylation sites (N-methyl/N-ethyl adjacent to an activating group) is 1. The Morgan fingerprint density at radius 3 is 2.64 bits per heavy atom. The Morgan fingerprint density at radius 2 is 1.82 bits per heavy atom. The summed E-state index contributed by atoms with van der Waals surface area (Å²) in [7, 11) is 2.21. The SMILES string of the molecule is Cc1ccccc1[C@]12CCN(C)C[C@H]1c1ccccc1O2.Cl. The number of hydrogen-bond acceptors (Lipinski definition) is 2. The van der Waals surface area contributed by atoms with E-state index in [1.165, 1.54) is 16.7 Å². The highest BCUT2D eigenvalue weighted by atomic mass is 35.5. The topological polar surface area (TPSA) is 12.5 Å². The second kappa shape index (κ2) is 5.60. The van der Waals surface area contributed by atoms with Crippen LogP contribution in [0.5, 0.6) is 5.75 Å². The number of hydrogen-bond donors (Lipinski definition) is 0. The summed E-state index contributed by atoms with van der Waals surface area (Å²) in [6.45, 7) is 4.34. The highest BCUT2D eigenvalue weighted by Crippen LogP contribution is 2.54. The molecular formula is C19H22ClNO. The zero-order chi connectivity index (χ0) is 14.4. The number of halogens is 1. The molecule has 0 radical (unpaired) electrons. The van der Waals surface area contributed by atoms with Crippen molar-refractivity contribution < 1.29 is 4.74 Å². The molecule has 0 bridgehead atoms. The van der Waals surface area contributed by atoms with E-state index in [0.29, 0.717) is 5.92 Å². The predicted octanol–water partition coefficient (Wildman–Crippen LogP) is 4.12. The lowest BCUT2D eigenvalue weighted by molar-refractivity contribution is 0.00652. The summed E-state index contributed by atoms with van der Waals surface area (Å²) < 4.78 is 6.59. The Kier molecular flexibility index (Phi) is 3.92. The maximum Gasteiger partial charge on any atom is 0.144 e. The van der Waals surface area contributed by atoms with Crippen molar-refractivity contribution in [3.63, 3.8) is 0 Å². The molecule has 22 heavy (non-hydrogen) atoms. The standard InChI is InChI=1S/C19H21NO.ClH/c1-14-7-3-5-9-16(14)19-11-12-20(2)13-17(19)15-8-4-6-10-18(15)21-19;/h3-10,17H,11-13H2,1-2H3;1H/t17-,19+;/m0./s1. The van der Waals surface area contributed by atoms with E-state index in [2.05, 4.69) is 67.4 Å². The lowest BCUT2D eigenvalue weighted by Gasteiger charge is -2.43. The third kappa shape index (κ3) is 2.13. The van der Waals surface area contributed by atoms with Crippen LogP contribution in [-0.4, -0.2) is 25.0 Å². The lowest BCUT2D eigenvalue weighted by Crippen LogP contribution is -2.48. The Labute approximate surface area is 138 Å². The first-order chi connectivity index (χ1) is 10.2. The van der Waals surface area contributed by atoms with Crippen molar-refractivity contribution in [2.75, 3.05) is 20.1 Å². The molecule has 2 aromatic carbocycles. The van der Waals surface area contributed by atoms with E-state index in [4.69, 9.17) is 4.74 Å². The molecule has 2 aliphatic rings. The van der Waals surface area contributed by atoms with Crippen LogP contribution in [0.1, 0.15) is 29.0 Å². The van der Waals surface area contributed by atoms with Crippen LogP contribution in [0.25, 0.3) is 0 Å². The maximum atomic E-state index is 6.59. The fourth-order valence-electron chi connectivity index (χ4n) is 4.04. The number of fused-ring (bicyclic) bond motifs is 3. The average Bonchev–Trinajstić information content (AvgIpc) is 2.83. The summed E-state index contributed by atoms with van der Waals surface area (Å²) in [6, 6.07) is 17.3. The Bertz CT molecular complexity index is 687. The van der Waals surface area contributed by atoms with Gasteiger partial charge in [-0.1, -0.05) is 42.5 Å². The summed E-state index contributed by atoms with van der Waals surface area (Å²) in [5, 5.41) is 0. The number of benzene rings is 2. The van der Waals surface area contributed by atoms with Gasteiger partial charge in [0.15, 0.2) is 0 Å². The van der Waals surface area contributed by atoms with Crippen LogP contribution in [0.15, 0.2) is 48.5 Å². The van der Waals surface area contributed by atoms with Crippen LogP contribution in [0.3, 0.4) is 0 Å². The minimum Gasteiger partial charge on any atom is -0.482 e. The predicted molar refractivity (Wildman–Crippen MR) is 92.0 cm³/mol. The molecule has 1 saturated heterocycles. The summed E-state index contributed by atoms with van der Waals surface area (Å²) in [5.41, 5.74) is 3.88. The number of ether oxygens (including phenoxy) is 1. The van der Waals surface area contributed by atoms with Gasteiger partial charge >= 0.3 is 0 Å². The van der Waals surface area contributed by atoms with Crippen LogP contribution in [0.4, 0.5) is 0 Å². The molecule has 2 heterocycles. The smallest absolute Gasteiger partial charge is 0.144 e. The molecule has 4 rings (SSSR count). The molecule has 1 fully saturated rings. The second-order valence-electron chi connectivity index (χ2n) is 6.41. The molecule has 0 aliphatic carbocycles. The number of rotatable bonds is 1. The molecule has 0 aromatic heterocycles.